The largest absolute Gasteiger partial charge is 0.469 e. The minimum absolute atomic E-state index is 0.196. The highest BCUT2D eigenvalue weighted by Crippen LogP contribution is 2.41. The van der Waals surface area contributed by atoms with Gasteiger partial charge in [-0.15, -0.1) is 0 Å². The first kappa shape index (κ1) is 20.2. The van der Waals surface area contributed by atoms with Gasteiger partial charge in [-0.25, -0.2) is 9.78 Å². The van der Waals surface area contributed by atoms with Gasteiger partial charge in [0.1, 0.15) is 11.7 Å². The summed E-state index contributed by atoms with van der Waals surface area (Å²) in [5, 5.41) is 0. The Labute approximate surface area is 141 Å². The number of hydrogen-bond donors (Lipinski definition) is 0. The number of rotatable bonds is 9. The maximum absolute atomic E-state index is 11.5. The van der Waals surface area contributed by atoms with Crippen LogP contribution < -0.4 is 0 Å². The van der Waals surface area contributed by atoms with Crippen molar-refractivity contribution in [2.45, 2.75) is 84.3 Å². The summed E-state index contributed by atoms with van der Waals surface area (Å²) in [6, 6.07) is 0. The van der Waals surface area contributed by atoms with E-state index in [0.29, 0.717) is 11.8 Å². The summed E-state index contributed by atoms with van der Waals surface area (Å²) in [4.78, 5) is 23.1. The maximum atomic E-state index is 11.5. The van der Waals surface area contributed by atoms with Crippen molar-refractivity contribution in [2.75, 3.05) is 7.11 Å². The molecular formula is C19H34O4. The SMILES string of the molecule is CC/C=C/[C@H](CC)C[C@@]1(CC)C[C@@H](CC)[C@H](CC(=O)OC)OO1. The minimum Gasteiger partial charge on any atom is -0.469 e. The van der Waals surface area contributed by atoms with Crippen molar-refractivity contribution in [3.8, 4) is 0 Å². The van der Waals surface area contributed by atoms with E-state index in [0.717, 1.165) is 38.5 Å². The molecule has 1 fully saturated rings. The number of methoxy groups -OCH3 is 1. The van der Waals surface area contributed by atoms with Crippen molar-refractivity contribution in [3.05, 3.63) is 12.2 Å². The van der Waals surface area contributed by atoms with E-state index in [4.69, 9.17) is 14.5 Å². The summed E-state index contributed by atoms with van der Waals surface area (Å²) in [6.07, 6.45) is 10.6. The highest BCUT2D eigenvalue weighted by atomic mass is 17.2. The Kier molecular flexibility index (Phi) is 8.85. The lowest BCUT2D eigenvalue weighted by molar-refractivity contribution is -0.424. The molecule has 134 valence electrons. The third kappa shape index (κ3) is 5.92. The van der Waals surface area contributed by atoms with E-state index in [-0.39, 0.29) is 24.1 Å². The Morgan fingerprint density at radius 1 is 1.35 bits per heavy atom. The van der Waals surface area contributed by atoms with E-state index < -0.39 is 0 Å². The lowest BCUT2D eigenvalue weighted by Crippen LogP contribution is -2.46. The Morgan fingerprint density at radius 2 is 2.09 bits per heavy atom. The number of esters is 1. The van der Waals surface area contributed by atoms with Crippen molar-refractivity contribution >= 4 is 5.97 Å². The predicted octanol–water partition coefficient (Wildman–Crippen LogP) is 4.83. The molecule has 0 saturated carbocycles. The Morgan fingerprint density at radius 3 is 2.61 bits per heavy atom. The maximum Gasteiger partial charge on any atom is 0.308 e. The molecule has 4 atom stereocenters. The van der Waals surface area contributed by atoms with Crippen LogP contribution in [0.25, 0.3) is 0 Å². The molecule has 0 aromatic carbocycles. The van der Waals surface area contributed by atoms with E-state index >= 15 is 0 Å². The van der Waals surface area contributed by atoms with Crippen LogP contribution in [0.15, 0.2) is 12.2 Å². The van der Waals surface area contributed by atoms with Gasteiger partial charge in [0.15, 0.2) is 0 Å². The van der Waals surface area contributed by atoms with Gasteiger partial charge in [0.05, 0.1) is 13.5 Å². The van der Waals surface area contributed by atoms with Gasteiger partial charge in [-0.2, -0.15) is 0 Å². The molecule has 0 unspecified atom stereocenters. The molecule has 0 aliphatic carbocycles. The smallest absolute Gasteiger partial charge is 0.308 e. The molecule has 1 aliphatic heterocycles. The third-order valence-electron chi connectivity index (χ3n) is 5.08. The quantitative estimate of drug-likeness (QED) is 0.346. The normalized spacial score (nSPS) is 29.6. The summed E-state index contributed by atoms with van der Waals surface area (Å²) >= 11 is 0. The van der Waals surface area contributed by atoms with Gasteiger partial charge in [-0.3, -0.25) is 4.79 Å². The number of carbonyl (C=O) groups is 1. The van der Waals surface area contributed by atoms with Gasteiger partial charge >= 0.3 is 5.97 Å². The highest BCUT2D eigenvalue weighted by Gasteiger charge is 2.43. The number of allylic oxidation sites excluding steroid dienone is 2. The van der Waals surface area contributed by atoms with Crippen LogP contribution in [-0.4, -0.2) is 24.8 Å². The van der Waals surface area contributed by atoms with Crippen molar-refractivity contribution in [1.29, 1.82) is 0 Å². The molecule has 1 aliphatic rings. The third-order valence-corrected chi connectivity index (χ3v) is 5.08. The fourth-order valence-electron chi connectivity index (χ4n) is 3.36. The first-order valence-electron chi connectivity index (χ1n) is 9.12. The van der Waals surface area contributed by atoms with E-state index in [1.54, 1.807) is 0 Å². The molecule has 1 heterocycles. The lowest BCUT2D eigenvalue weighted by Gasteiger charge is -2.43. The van der Waals surface area contributed by atoms with Crippen molar-refractivity contribution in [2.24, 2.45) is 11.8 Å². The molecular weight excluding hydrogens is 292 g/mol. The van der Waals surface area contributed by atoms with Gasteiger partial charge in [-0.1, -0.05) is 46.3 Å². The van der Waals surface area contributed by atoms with Crippen LogP contribution in [0, 0.1) is 11.8 Å². The molecule has 1 rings (SSSR count). The summed E-state index contributed by atoms with van der Waals surface area (Å²) in [7, 11) is 1.41. The highest BCUT2D eigenvalue weighted by molar-refractivity contribution is 5.69. The molecule has 23 heavy (non-hydrogen) atoms. The molecule has 4 nitrogen and oxygen atoms in total. The molecule has 1 saturated heterocycles. The summed E-state index contributed by atoms with van der Waals surface area (Å²) < 4.78 is 4.77. The molecule has 0 bridgehead atoms. The predicted molar refractivity (Wildman–Crippen MR) is 91.8 cm³/mol. The average Bonchev–Trinajstić information content (AvgIpc) is 2.59. The van der Waals surface area contributed by atoms with Gasteiger partial charge in [-0.05, 0) is 43.9 Å². The van der Waals surface area contributed by atoms with Crippen LogP contribution in [0.2, 0.25) is 0 Å². The van der Waals surface area contributed by atoms with E-state index in [1.165, 1.54) is 7.11 Å². The van der Waals surface area contributed by atoms with Gasteiger partial charge in [0.25, 0.3) is 0 Å². The van der Waals surface area contributed by atoms with E-state index in [9.17, 15) is 4.79 Å². The van der Waals surface area contributed by atoms with Gasteiger partial charge in [0.2, 0.25) is 0 Å². The number of ether oxygens (including phenoxy) is 1. The van der Waals surface area contributed by atoms with Crippen LogP contribution in [0.3, 0.4) is 0 Å². The fraction of sp³-hybridized carbons (Fsp3) is 0.842. The Balaban J connectivity index is 2.77. The van der Waals surface area contributed by atoms with Crippen LogP contribution >= 0.6 is 0 Å². The monoisotopic (exact) mass is 326 g/mol. The Bertz CT molecular complexity index is 380. The second-order valence-electron chi connectivity index (χ2n) is 6.62. The fourth-order valence-corrected chi connectivity index (χ4v) is 3.36. The van der Waals surface area contributed by atoms with Crippen LogP contribution in [0.1, 0.15) is 72.6 Å². The topological polar surface area (TPSA) is 44.8 Å². The lowest BCUT2D eigenvalue weighted by atomic mass is 9.77. The van der Waals surface area contributed by atoms with Crippen molar-refractivity contribution in [1.82, 2.24) is 0 Å². The zero-order valence-electron chi connectivity index (χ0n) is 15.5. The van der Waals surface area contributed by atoms with Crippen LogP contribution in [0.5, 0.6) is 0 Å². The molecule has 0 spiro atoms. The molecule has 0 aromatic heterocycles. The average molecular weight is 326 g/mol. The standard InChI is InChI=1S/C19H34O4/c1-6-10-11-15(7-2)13-19(9-4)14-16(8-3)17(22-23-19)12-18(20)21-5/h10-11,15-17H,6-9,12-14H2,1-5H3/b11-10+/t15-,16+,17-,19-/m0/s1. The molecule has 0 amide bonds. The van der Waals surface area contributed by atoms with Gasteiger partial charge in [0, 0.05) is 0 Å². The molecule has 0 aromatic rings. The first-order valence-corrected chi connectivity index (χ1v) is 9.12. The molecule has 0 radical (unpaired) electrons. The molecule has 4 heteroatoms. The zero-order chi connectivity index (χ0) is 17.3. The summed E-state index contributed by atoms with van der Waals surface area (Å²) in [5.74, 6) is 0.599. The second kappa shape index (κ2) is 10.1. The zero-order valence-corrected chi connectivity index (χ0v) is 15.5. The minimum atomic E-state index is -0.244. The van der Waals surface area contributed by atoms with Crippen molar-refractivity contribution < 1.29 is 19.3 Å². The number of hydrogen-bond acceptors (Lipinski definition) is 4. The Hall–Kier alpha value is -0.870. The van der Waals surface area contributed by atoms with E-state index in [1.807, 2.05) is 0 Å². The van der Waals surface area contributed by atoms with Crippen LogP contribution in [0.4, 0.5) is 0 Å². The van der Waals surface area contributed by atoms with Crippen molar-refractivity contribution in [3.63, 3.8) is 0 Å². The first-order chi connectivity index (χ1) is 11.0. The summed E-state index contributed by atoms with van der Waals surface area (Å²) in [5.41, 5.74) is -0.244. The number of carbonyl (C=O) groups excluding carboxylic acids is 1. The molecule has 0 N–H and O–H groups in total. The van der Waals surface area contributed by atoms with Crippen LogP contribution in [-0.2, 0) is 19.3 Å². The van der Waals surface area contributed by atoms with Gasteiger partial charge < -0.3 is 4.74 Å². The second-order valence-corrected chi connectivity index (χ2v) is 6.62. The van der Waals surface area contributed by atoms with E-state index in [2.05, 4.69) is 39.8 Å². The summed E-state index contributed by atoms with van der Waals surface area (Å²) in [6.45, 7) is 8.68.